The second kappa shape index (κ2) is 6.64. The van der Waals surface area contributed by atoms with Gasteiger partial charge in [0.25, 0.3) is 5.91 Å². The summed E-state index contributed by atoms with van der Waals surface area (Å²) in [5.41, 5.74) is 2.34. The quantitative estimate of drug-likeness (QED) is 0.437. The molecule has 2 aliphatic rings. The van der Waals surface area contributed by atoms with E-state index >= 15 is 0 Å². The van der Waals surface area contributed by atoms with Crippen LogP contribution in [0.3, 0.4) is 0 Å². The molecule has 0 bridgehead atoms. The van der Waals surface area contributed by atoms with E-state index in [0.29, 0.717) is 17.4 Å². The smallest absolute Gasteiger partial charge is 0.402 e. The number of carbonyl (C=O) groups excluding carboxylic acids is 3. The highest BCUT2D eigenvalue weighted by molar-refractivity contribution is 6.20. The molecule has 1 atom stereocenters. The van der Waals surface area contributed by atoms with Gasteiger partial charge in [0, 0.05) is 7.05 Å². The Labute approximate surface area is 157 Å². The molecule has 0 aromatic carbocycles. The van der Waals surface area contributed by atoms with Gasteiger partial charge in [0.2, 0.25) is 11.9 Å². The predicted octanol–water partition coefficient (Wildman–Crippen LogP) is 1.01. The van der Waals surface area contributed by atoms with Crippen LogP contribution in [-0.2, 0) is 20.9 Å². The molecule has 2 aliphatic heterocycles. The summed E-state index contributed by atoms with van der Waals surface area (Å²) >= 11 is 0. The molecule has 0 N–H and O–H groups in total. The van der Waals surface area contributed by atoms with Crippen LogP contribution in [0.5, 0.6) is 0 Å². The van der Waals surface area contributed by atoms with Crippen molar-refractivity contribution in [2.24, 2.45) is 4.99 Å². The third kappa shape index (κ3) is 2.83. The van der Waals surface area contributed by atoms with Crippen molar-refractivity contribution in [2.45, 2.75) is 40.3 Å². The second-order valence-electron chi connectivity index (χ2n) is 6.83. The molecule has 0 radical (unpaired) electrons. The standard InChI is InChI=1S/C18H24N5O4/c1-7-27-13(24)9-21-11(4)12(5)23-14-15(19-17(21)23)20(6)18(26)22(16(14)25)8-10(2)3/h14H,2,7-9H2,1,3-6H3/q+1. The monoisotopic (exact) mass is 374 g/mol. The lowest BCUT2D eigenvalue weighted by molar-refractivity contribution is -0.678. The maximum Gasteiger partial charge on any atom is 0.402 e. The SMILES string of the molecule is C=C(C)CN1C(=O)C2C(=Nc3n2c(C)c(C)[n+]3CC(=O)OCC)N(C)C1=O. The molecule has 3 rings (SSSR count). The van der Waals surface area contributed by atoms with Crippen molar-refractivity contribution in [3.8, 4) is 0 Å². The van der Waals surface area contributed by atoms with E-state index in [1.807, 2.05) is 13.8 Å². The Morgan fingerprint density at radius 2 is 2.00 bits per heavy atom. The first-order valence-electron chi connectivity index (χ1n) is 8.77. The first-order chi connectivity index (χ1) is 12.7. The van der Waals surface area contributed by atoms with Gasteiger partial charge >= 0.3 is 17.9 Å². The van der Waals surface area contributed by atoms with E-state index in [4.69, 9.17) is 4.74 Å². The fourth-order valence-electron chi connectivity index (χ4n) is 3.44. The Hall–Kier alpha value is -2.97. The number of nitrogens with zero attached hydrogens (tertiary/aromatic N) is 5. The molecule has 0 saturated carbocycles. The lowest BCUT2D eigenvalue weighted by Crippen LogP contribution is -2.58. The van der Waals surface area contributed by atoms with Gasteiger partial charge in [0.15, 0.2) is 6.54 Å². The Morgan fingerprint density at radius 3 is 2.59 bits per heavy atom. The number of hydrogen-bond acceptors (Lipinski definition) is 5. The molecule has 3 heterocycles. The van der Waals surface area contributed by atoms with Crippen LogP contribution < -0.4 is 4.57 Å². The van der Waals surface area contributed by atoms with Gasteiger partial charge in [-0.3, -0.25) is 14.6 Å². The zero-order valence-electron chi connectivity index (χ0n) is 16.3. The van der Waals surface area contributed by atoms with Crippen LogP contribution in [0.1, 0.15) is 31.3 Å². The van der Waals surface area contributed by atoms with E-state index in [1.54, 1.807) is 30.0 Å². The van der Waals surface area contributed by atoms with E-state index < -0.39 is 12.1 Å². The number of carbonyl (C=O) groups is 3. The van der Waals surface area contributed by atoms with Crippen molar-refractivity contribution >= 4 is 29.7 Å². The molecule has 1 aromatic rings. The highest BCUT2D eigenvalue weighted by atomic mass is 16.5. The number of aromatic nitrogens is 2. The van der Waals surface area contributed by atoms with Crippen LogP contribution in [0, 0.1) is 13.8 Å². The summed E-state index contributed by atoms with van der Waals surface area (Å²) in [6.45, 7) is 11.5. The van der Waals surface area contributed by atoms with Crippen LogP contribution in [-0.4, -0.2) is 58.3 Å². The summed E-state index contributed by atoms with van der Waals surface area (Å²) in [4.78, 5) is 44.8. The molecule has 1 aromatic heterocycles. The molecule has 144 valence electrons. The first kappa shape index (κ1) is 18.8. The zero-order valence-corrected chi connectivity index (χ0v) is 16.3. The Bertz CT molecular complexity index is 898. The topological polar surface area (TPSA) is 88.1 Å². The van der Waals surface area contributed by atoms with Gasteiger partial charge in [-0.05, 0) is 27.7 Å². The fraction of sp³-hybridized carbons (Fsp3) is 0.500. The van der Waals surface area contributed by atoms with Crippen LogP contribution in [0.15, 0.2) is 17.1 Å². The lowest BCUT2D eigenvalue weighted by Gasteiger charge is -2.33. The van der Waals surface area contributed by atoms with Gasteiger partial charge < -0.3 is 4.74 Å². The van der Waals surface area contributed by atoms with E-state index in [-0.39, 0.29) is 31.6 Å². The number of esters is 1. The molecule has 3 amide bonds. The molecule has 1 unspecified atom stereocenters. The second-order valence-corrected chi connectivity index (χ2v) is 6.83. The summed E-state index contributed by atoms with van der Waals surface area (Å²) in [5, 5.41) is 0. The first-order valence-corrected chi connectivity index (χ1v) is 8.77. The number of imide groups is 1. The van der Waals surface area contributed by atoms with E-state index in [0.717, 1.165) is 11.4 Å². The molecule has 0 spiro atoms. The Balaban J connectivity index is 2.08. The number of rotatable bonds is 5. The van der Waals surface area contributed by atoms with Gasteiger partial charge in [-0.25, -0.2) is 18.7 Å². The number of imidazole rings is 1. The number of ether oxygens (including phenoxy) is 1. The number of urea groups is 1. The molecule has 9 nitrogen and oxygen atoms in total. The van der Waals surface area contributed by atoms with E-state index in [2.05, 4.69) is 11.6 Å². The molecule has 9 heteroatoms. The number of amides is 3. The minimum absolute atomic E-state index is 0.00627. The average molecular weight is 374 g/mol. The summed E-state index contributed by atoms with van der Waals surface area (Å²) in [6, 6.07) is -1.17. The van der Waals surface area contributed by atoms with Crippen molar-refractivity contribution in [3.63, 3.8) is 0 Å². The van der Waals surface area contributed by atoms with Crippen molar-refractivity contribution in [2.75, 3.05) is 20.2 Å². The number of fused-ring (bicyclic) bond motifs is 3. The highest BCUT2D eigenvalue weighted by Gasteiger charge is 2.54. The minimum atomic E-state index is -0.732. The van der Waals surface area contributed by atoms with Crippen LogP contribution in [0.2, 0.25) is 0 Å². The third-order valence-corrected chi connectivity index (χ3v) is 4.85. The average Bonchev–Trinajstić information content (AvgIpc) is 3.09. The summed E-state index contributed by atoms with van der Waals surface area (Å²) in [7, 11) is 1.59. The van der Waals surface area contributed by atoms with Crippen molar-refractivity contribution in [1.82, 2.24) is 14.4 Å². The Kier molecular flexibility index (Phi) is 4.63. The van der Waals surface area contributed by atoms with Crippen molar-refractivity contribution in [1.29, 1.82) is 0 Å². The molecule has 1 fully saturated rings. The number of aliphatic imine (C=N–C) groups is 1. The predicted molar refractivity (Wildman–Crippen MR) is 96.6 cm³/mol. The third-order valence-electron chi connectivity index (χ3n) is 4.85. The molecule has 27 heavy (non-hydrogen) atoms. The summed E-state index contributed by atoms with van der Waals surface area (Å²) in [5.74, 6) is 0.0932. The summed E-state index contributed by atoms with van der Waals surface area (Å²) in [6.07, 6.45) is 0. The maximum atomic E-state index is 13.1. The van der Waals surface area contributed by atoms with E-state index in [9.17, 15) is 14.4 Å². The van der Waals surface area contributed by atoms with Crippen LogP contribution in [0.4, 0.5) is 10.7 Å². The lowest BCUT2D eigenvalue weighted by atomic mass is 10.1. The number of likely N-dealkylation sites (N-methyl/N-ethyl adjacent to an activating group) is 1. The molecule has 0 aliphatic carbocycles. The van der Waals surface area contributed by atoms with Crippen molar-refractivity contribution in [3.05, 3.63) is 23.5 Å². The maximum absolute atomic E-state index is 13.1. The van der Waals surface area contributed by atoms with Crippen LogP contribution in [0.25, 0.3) is 0 Å². The van der Waals surface area contributed by atoms with Gasteiger partial charge in [0.05, 0.1) is 13.2 Å². The largest absolute Gasteiger partial charge is 0.464 e. The fourth-order valence-corrected chi connectivity index (χ4v) is 3.44. The van der Waals surface area contributed by atoms with E-state index in [1.165, 1.54) is 9.80 Å². The highest BCUT2D eigenvalue weighted by Crippen LogP contribution is 2.35. The normalized spacial score (nSPS) is 18.4. The van der Waals surface area contributed by atoms with Crippen LogP contribution >= 0.6 is 0 Å². The number of amidine groups is 1. The van der Waals surface area contributed by atoms with Gasteiger partial charge in [-0.15, -0.1) is 0 Å². The molecular weight excluding hydrogens is 350 g/mol. The number of hydrogen-bond donors (Lipinski definition) is 0. The Morgan fingerprint density at radius 1 is 1.33 bits per heavy atom. The van der Waals surface area contributed by atoms with Gasteiger partial charge in [-0.2, -0.15) is 0 Å². The molecule has 1 saturated heterocycles. The minimum Gasteiger partial charge on any atom is -0.464 e. The van der Waals surface area contributed by atoms with Crippen molar-refractivity contribution < 1.29 is 23.7 Å². The summed E-state index contributed by atoms with van der Waals surface area (Å²) < 4.78 is 8.54. The zero-order chi connectivity index (χ0) is 20.0. The molecular formula is C18H24N5O4+. The van der Waals surface area contributed by atoms with Gasteiger partial charge in [-0.1, -0.05) is 17.1 Å². The van der Waals surface area contributed by atoms with Gasteiger partial charge in [0.1, 0.15) is 11.4 Å².